The number of benzene rings is 2. The normalized spacial score (nSPS) is 11.8. The molecule has 4 aromatic rings. The Morgan fingerprint density at radius 3 is 2.49 bits per heavy atom. The molecule has 35 heavy (non-hydrogen) atoms. The molecule has 0 fully saturated rings. The number of para-hydroxylation sites is 2. The Kier molecular flexibility index (Phi) is 7.11. The minimum absolute atomic E-state index is 0.285. The second-order valence-electron chi connectivity index (χ2n) is 7.67. The van der Waals surface area contributed by atoms with Gasteiger partial charge >= 0.3 is 0 Å². The van der Waals surface area contributed by atoms with Crippen LogP contribution in [-0.2, 0) is 4.79 Å². The number of rotatable bonds is 6. The van der Waals surface area contributed by atoms with Crippen molar-refractivity contribution in [3.63, 3.8) is 0 Å². The van der Waals surface area contributed by atoms with Gasteiger partial charge in [0.15, 0.2) is 0 Å². The molecule has 2 N–H and O–H groups in total. The van der Waals surface area contributed by atoms with Crippen LogP contribution in [0.25, 0.3) is 10.2 Å². The lowest BCUT2D eigenvalue weighted by molar-refractivity contribution is -0.118. The van der Waals surface area contributed by atoms with E-state index in [2.05, 4.69) is 15.6 Å². The number of aryl methyl sites for hydroxylation is 1. The molecule has 0 aliphatic rings. The number of nitrogens with zero attached hydrogens (tertiary/aromatic N) is 2. The Hall–Kier alpha value is -3.40. The Morgan fingerprint density at radius 2 is 1.80 bits per heavy atom. The molecule has 1 unspecified atom stereocenters. The smallest absolute Gasteiger partial charge is 0.266 e. The lowest BCUT2D eigenvalue weighted by Gasteiger charge is -2.15. The quantitative estimate of drug-likeness (QED) is 0.341. The number of halogens is 2. The van der Waals surface area contributed by atoms with E-state index >= 15 is 0 Å². The number of carbonyl (C=O) groups excluding carboxylic acids is 2. The van der Waals surface area contributed by atoms with Gasteiger partial charge in [0.2, 0.25) is 5.91 Å². The molecule has 0 aliphatic carbocycles. The van der Waals surface area contributed by atoms with Crippen molar-refractivity contribution in [2.24, 2.45) is 0 Å². The zero-order valence-electron chi connectivity index (χ0n) is 18.9. The van der Waals surface area contributed by atoms with Gasteiger partial charge < -0.3 is 15.4 Å². The van der Waals surface area contributed by atoms with E-state index in [9.17, 15) is 14.4 Å². The van der Waals surface area contributed by atoms with Crippen molar-refractivity contribution < 1.29 is 14.3 Å². The summed E-state index contributed by atoms with van der Waals surface area (Å²) >= 11 is 13.1. The van der Waals surface area contributed by atoms with E-state index in [1.54, 1.807) is 56.3 Å². The largest absolute Gasteiger partial charge is 0.495 e. The van der Waals surface area contributed by atoms with E-state index in [0.29, 0.717) is 42.4 Å². The second-order valence-corrected chi connectivity index (χ2v) is 9.54. The third-order valence-corrected chi connectivity index (χ3v) is 7.00. The monoisotopic (exact) mass is 530 g/mol. The summed E-state index contributed by atoms with van der Waals surface area (Å²) < 4.78 is 6.51. The number of thiophene rings is 1. The summed E-state index contributed by atoms with van der Waals surface area (Å²) in [5.74, 6) is -0.320. The van der Waals surface area contributed by atoms with Crippen LogP contribution in [0.1, 0.15) is 28.2 Å². The molecule has 0 spiro atoms. The number of amides is 2. The van der Waals surface area contributed by atoms with E-state index in [4.69, 9.17) is 27.9 Å². The highest BCUT2D eigenvalue weighted by atomic mass is 35.5. The molecular formula is C24H20Cl2N4O4S. The summed E-state index contributed by atoms with van der Waals surface area (Å²) in [6.07, 6.45) is 1.30. The highest BCUT2D eigenvalue weighted by Gasteiger charge is 2.23. The van der Waals surface area contributed by atoms with Crippen LogP contribution in [-0.4, -0.2) is 28.5 Å². The summed E-state index contributed by atoms with van der Waals surface area (Å²) in [6, 6.07) is 10.8. The lowest BCUT2D eigenvalue weighted by Crippen LogP contribution is -2.31. The van der Waals surface area contributed by atoms with E-state index in [1.807, 2.05) is 0 Å². The molecule has 2 heterocycles. The third-order valence-electron chi connectivity index (χ3n) is 5.36. The third kappa shape index (κ3) is 5.02. The number of anilines is 2. The Bertz CT molecular complexity index is 1500. The SMILES string of the molecule is COc1ccccc1NC(=O)c1sc2ncn(C(C)C(=O)Nc3cc(Cl)cc(Cl)c3)c(=O)c2c1C. The van der Waals surface area contributed by atoms with Gasteiger partial charge in [0.05, 0.1) is 29.4 Å². The highest BCUT2D eigenvalue weighted by Crippen LogP contribution is 2.30. The fourth-order valence-electron chi connectivity index (χ4n) is 3.56. The van der Waals surface area contributed by atoms with Crippen molar-refractivity contribution in [2.75, 3.05) is 17.7 Å². The fraction of sp³-hybridized carbons (Fsp3) is 0.167. The zero-order valence-corrected chi connectivity index (χ0v) is 21.2. The Labute approximate surface area is 214 Å². The second kappa shape index (κ2) is 10.1. The number of hydrogen-bond donors (Lipinski definition) is 2. The first-order chi connectivity index (χ1) is 16.7. The predicted molar refractivity (Wildman–Crippen MR) is 139 cm³/mol. The van der Waals surface area contributed by atoms with Gasteiger partial charge in [-0.15, -0.1) is 11.3 Å². The zero-order chi connectivity index (χ0) is 25.3. The van der Waals surface area contributed by atoms with Crippen LogP contribution in [0.2, 0.25) is 10.0 Å². The summed E-state index contributed by atoms with van der Waals surface area (Å²) in [5, 5.41) is 6.54. The summed E-state index contributed by atoms with van der Waals surface area (Å²) in [4.78, 5) is 44.2. The molecule has 2 aromatic heterocycles. The van der Waals surface area contributed by atoms with Gasteiger partial charge in [-0.05, 0) is 49.7 Å². The van der Waals surface area contributed by atoms with Crippen molar-refractivity contribution in [1.82, 2.24) is 9.55 Å². The van der Waals surface area contributed by atoms with Gasteiger partial charge in [0, 0.05) is 15.7 Å². The first-order valence-electron chi connectivity index (χ1n) is 10.4. The lowest BCUT2D eigenvalue weighted by atomic mass is 10.2. The molecular weight excluding hydrogens is 511 g/mol. The average Bonchev–Trinajstić information content (AvgIpc) is 3.15. The summed E-state index contributed by atoms with van der Waals surface area (Å²) in [6.45, 7) is 3.26. The Balaban J connectivity index is 1.63. The molecule has 180 valence electrons. The molecule has 2 amide bonds. The molecule has 0 bridgehead atoms. The molecule has 11 heteroatoms. The van der Waals surface area contributed by atoms with Gasteiger partial charge in [-0.2, -0.15) is 0 Å². The van der Waals surface area contributed by atoms with Gasteiger partial charge in [-0.25, -0.2) is 4.98 Å². The number of aromatic nitrogens is 2. The molecule has 0 aliphatic heterocycles. The molecule has 4 rings (SSSR count). The number of fused-ring (bicyclic) bond motifs is 1. The number of ether oxygens (including phenoxy) is 1. The molecule has 0 saturated heterocycles. The van der Waals surface area contributed by atoms with Crippen LogP contribution in [0.3, 0.4) is 0 Å². The standard InChI is InChI=1S/C24H20Cl2N4O4S/c1-12-19-23(35-20(12)22(32)29-17-6-4-5-7-18(17)34-3)27-11-30(24(19)33)13(2)21(31)28-16-9-14(25)8-15(26)10-16/h4-11,13H,1-3H3,(H,28,31)(H,29,32). The van der Waals surface area contributed by atoms with Crippen molar-refractivity contribution >= 4 is 67.9 Å². The number of hydrogen-bond acceptors (Lipinski definition) is 6. The maximum atomic E-state index is 13.3. The fourth-order valence-corrected chi connectivity index (χ4v) is 5.12. The van der Waals surface area contributed by atoms with Crippen LogP contribution >= 0.6 is 34.5 Å². The molecule has 0 radical (unpaired) electrons. The topological polar surface area (TPSA) is 102 Å². The first-order valence-corrected chi connectivity index (χ1v) is 12.0. The van der Waals surface area contributed by atoms with E-state index in [0.717, 1.165) is 11.3 Å². The maximum absolute atomic E-state index is 13.3. The van der Waals surface area contributed by atoms with Crippen LogP contribution in [0.4, 0.5) is 11.4 Å². The molecule has 2 aromatic carbocycles. The van der Waals surface area contributed by atoms with Crippen molar-refractivity contribution in [3.05, 3.63) is 79.6 Å². The van der Waals surface area contributed by atoms with Crippen molar-refractivity contribution in [1.29, 1.82) is 0 Å². The van der Waals surface area contributed by atoms with Gasteiger partial charge in [-0.1, -0.05) is 35.3 Å². The predicted octanol–water partition coefficient (Wildman–Crippen LogP) is 5.53. The minimum Gasteiger partial charge on any atom is -0.495 e. The first kappa shape index (κ1) is 24.7. The van der Waals surface area contributed by atoms with E-state index < -0.39 is 17.5 Å². The van der Waals surface area contributed by atoms with Gasteiger partial charge in [-0.3, -0.25) is 19.0 Å². The number of carbonyl (C=O) groups is 2. The van der Waals surface area contributed by atoms with Crippen molar-refractivity contribution in [2.45, 2.75) is 19.9 Å². The molecule has 0 saturated carbocycles. The van der Waals surface area contributed by atoms with E-state index in [1.165, 1.54) is 18.0 Å². The van der Waals surface area contributed by atoms with Crippen molar-refractivity contribution in [3.8, 4) is 5.75 Å². The summed E-state index contributed by atoms with van der Waals surface area (Å²) in [5.41, 5.74) is 0.974. The number of nitrogens with one attached hydrogen (secondary N) is 2. The minimum atomic E-state index is -0.887. The van der Waals surface area contributed by atoms with Crippen LogP contribution < -0.4 is 20.9 Å². The highest BCUT2D eigenvalue weighted by molar-refractivity contribution is 7.20. The van der Waals surface area contributed by atoms with Gasteiger partial charge in [0.1, 0.15) is 16.6 Å². The number of methoxy groups -OCH3 is 1. The summed E-state index contributed by atoms with van der Waals surface area (Å²) in [7, 11) is 1.51. The van der Waals surface area contributed by atoms with Crippen LogP contribution in [0.5, 0.6) is 5.75 Å². The van der Waals surface area contributed by atoms with Gasteiger partial charge in [0.25, 0.3) is 11.5 Å². The average molecular weight is 531 g/mol. The maximum Gasteiger partial charge on any atom is 0.266 e. The Morgan fingerprint density at radius 1 is 1.11 bits per heavy atom. The van der Waals surface area contributed by atoms with E-state index in [-0.39, 0.29) is 11.3 Å². The van der Waals surface area contributed by atoms with Crippen LogP contribution in [0.15, 0.2) is 53.6 Å². The molecule has 1 atom stereocenters. The van der Waals surface area contributed by atoms with Crippen LogP contribution in [0, 0.1) is 6.92 Å². The molecule has 8 nitrogen and oxygen atoms in total.